The number of hydrogen-bond donors (Lipinski definition) is 1. The number of carbonyl (C=O) groups is 2. The van der Waals surface area contributed by atoms with Crippen molar-refractivity contribution in [2.24, 2.45) is 0 Å². The topological polar surface area (TPSA) is 57.6 Å². The second kappa shape index (κ2) is 6.55. The molecule has 1 aliphatic rings. The molecule has 1 saturated heterocycles. The molecular weight excluding hydrogens is 254 g/mol. The fourth-order valence-corrected chi connectivity index (χ4v) is 2.72. The van der Waals surface area contributed by atoms with Crippen LogP contribution in [0.4, 0.5) is 0 Å². The summed E-state index contributed by atoms with van der Waals surface area (Å²) in [5.41, 5.74) is 1.82. The molecule has 2 rings (SSSR count). The van der Waals surface area contributed by atoms with Gasteiger partial charge in [-0.05, 0) is 44.7 Å². The summed E-state index contributed by atoms with van der Waals surface area (Å²) < 4.78 is 0. The van der Waals surface area contributed by atoms with Crippen molar-refractivity contribution >= 4 is 11.9 Å². The zero-order valence-electron chi connectivity index (χ0n) is 11.8. The first kappa shape index (κ1) is 14.6. The summed E-state index contributed by atoms with van der Waals surface area (Å²) in [5.74, 6) is -0.765. The molecule has 0 saturated carbocycles. The number of likely N-dealkylation sites (tertiary alicyclic amines) is 1. The van der Waals surface area contributed by atoms with Crippen molar-refractivity contribution < 1.29 is 14.7 Å². The van der Waals surface area contributed by atoms with Gasteiger partial charge in [-0.1, -0.05) is 17.7 Å². The molecule has 1 atom stereocenters. The number of aryl methyl sites for hydroxylation is 1. The van der Waals surface area contributed by atoms with Crippen LogP contribution in [0.15, 0.2) is 24.3 Å². The molecule has 108 valence electrons. The summed E-state index contributed by atoms with van der Waals surface area (Å²) in [6.07, 6.45) is 3.66. The number of piperidine rings is 1. The molecule has 0 spiro atoms. The minimum Gasteiger partial charge on any atom is -0.481 e. The Bertz CT molecular complexity index is 481. The molecule has 1 aliphatic heterocycles. The van der Waals surface area contributed by atoms with Crippen molar-refractivity contribution in [3.05, 3.63) is 35.4 Å². The van der Waals surface area contributed by atoms with Gasteiger partial charge in [0, 0.05) is 24.6 Å². The van der Waals surface area contributed by atoms with E-state index in [1.807, 2.05) is 36.1 Å². The number of hydrogen-bond acceptors (Lipinski definition) is 2. The summed E-state index contributed by atoms with van der Waals surface area (Å²) in [6.45, 7) is 2.72. The fourth-order valence-electron chi connectivity index (χ4n) is 2.72. The molecule has 1 N–H and O–H groups in total. The number of aliphatic carboxylic acids is 1. The number of carbonyl (C=O) groups excluding carboxylic acids is 1. The van der Waals surface area contributed by atoms with Crippen LogP contribution in [0, 0.1) is 6.92 Å². The van der Waals surface area contributed by atoms with Gasteiger partial charge < -0.3 is 10.0 Å². The van der Waals surface area contributed by atoms with Crippen LogP contribution in [-0.2, 0) is 4.79 Å². The van der Waals surface area contributed by atoms with E-state index in [0.29, 0.717) is 12.0 Å². The fraction of sp³-hybridized carbons (Fsp3) is 0.500. The lowest BCUT2D eigenvalue weighted by Crippen LogP contribution is -2.43. The Labute approximate surface area is 119 Å². The van der Waals surface area contributed by atoms with E-state index >= 15 is 0 Å². The van der Waals surface area contributed by atoms with Crippen LogP contribution in [0.1, 0.15) is 48.0 Å². The molecule has 20 heavy (non-hydrogen) atoms. The lowest BCUT2D eigenvalue weighted by atomic mass is 9.97. The number of carboxylic acid groups (broad SMARTS) is 1. The third-order valence-electron chi connectivity index (χ3n) is 3.88. The molecule has 4 nitrogen and oxygen atoms in total. The second-order valence-corrected chi connectivity index (χ2v) is 5.45. The number of benzene rings is 1. The molecule has 1 aromatic rings. The monoisotopic (exact) mass is 275 g/mol. The van der Waals surface area contributed by atoms with Crippen LogP contribution in [0.5, 0.6) is 0 Å². The van der Waals surface area contributed by atoms with Crippen LogP contribution in [-0.4, -0.2) is 34.5 Å². The van der Waals surface area contributed by atoms with E-state index in [9.17, 15) is 9.59 Å². The molecule has 1 aromatic carbocycles. The third kappa shape index (κ3) is 3.59. The average Bonchev–Trinajstić information content (AvgIpc) is 2.45. The molecule has 0 aliphatic carbocycles. The first-order valence-electron chi connectivity index (χ1n) is 7.17. The molecule has 1 amide bonds. The molecule has 1 heterocycles. The van der Waals surface area contributed by atoms with E-state index in [-0.39, 0.29) is 18.4 Å². The molecular formula is C16H21NO3. The maximum atomic E-state index is 12.5. The Balaban J connectivity index is 2.08. The molecule has 0 bridgehead atoms. The van der Waals surface area contributed by atoms with Gasteiger partial charge in [0.15, 0.2) is 0 Å². The van der Waals surface area contributed by atoms with Gasteiger partial charge in [0.1, 0.15) is 0 Å². The van der Waals surface area contributed by atoms with Gasteiger partial charge in [0.25, 0.3) is 5.91 Å². The average molecular weight is 275 g/mol. The smallest absolute Gasteiger partial charge is 0.303 e. The number of rotatable bonds is 4. The minimum absolute atomic E-state index is 0.0279. The highest BCUT2D eigenvalue weighted by molar-refractivity contribution is 5.94. The summed E-state index contributed by atoms with van der Waals surface area (Å²) in [7, 11) is 0. The van der Waals surface area contributed by atoms with E-state index < -0.39 is 5.97 Å². The lowest BCUT2D eigenvalue weighted by Gasteiger charge is -2.35. The van der Waals surface area contributed by atoms with E-state index in [1.54, 1.807) is 0 Å². The molecule has 0 radical (unpaired) electrons. The predicted molar refractivity (Wildman–Crippen MR) is 76.7 cm³/mol. The van der Waals surface area contributed by atoms with Gasteiger partial charge in [-0.2, -0.15) is 0 Å². The SMILES string of the molecule is Cc1ccc(C(=O)N2CCCCC2CCC(=O)O)cc1. The van der Waals surface area contributed by atoms with Gasteiger partial charge in [0.2, 0.25) is 0 Å². The van der Waals surface area contributed by atoms with Crippen molar-refractivity contribution in [2.45, 2.75) is 45.1 Å². The standard InChI is InChI=1S/C16H21NO3/c1-12-5-7-13(8-6-12)16(20)17-11-3-2-4-14(17)9-10-15(18)19/h5-8,14H,2-4,9-11H2,1H3,(H,18,19). The first-order valence-corrected chi connectivity index (χ1v) is 7.17. The van der Waals surface area contributed by atoms with Gasteiger partial charge in [0.05, 0.1) is 0 Å². The Hall–Kier alpha value is -1.84. The maximum Gasteiger partial charge on any atom is 0.303 e. The Morgan fingerprint density at radius 2 is 1.95 bits per heavy atom. The lowest BCUT2D eigenvalue weighted by molar-refractivity contribution is -0.137. The van der Waals surface area contributed by atoms with Crippen LogP contribution in [0.2, 0.25) is 0 Å². The van der Waals surface area contributed by atoms with Crippen LogP contribution < -0.4 is 0 Å². The van der Waals surface area contributed by atoms with Crippen molar-refractivity contribution in [3.63, 3.8) is 0 Å². The van der Waals surface area contributed by atoms with Gasteiger partial charge in [-0.3, -0.25) is 9.59 Å². The summed E-state index contributed by atoms with van der Waals surface area (Å²) in [5, 5.41) is 8.81. The molecule has 1 fully saturated rings. The largest absolute Gasteiger partial charge is 0.481 e. The van der Waals surface area contributed by atoms with E-state index in [4.69, 9.17) is 5.11 Å². The van der Waals surface area contributed by atoms with E-state index in [0.717, 1.165) is 31.4 Å². The predicted octanol–water partition coefficient (Wildman–Crippen LogP) is 2.85. The van der Waals surface area contributed by atoms with Gasteiger partial charge in [-0.15, -0.1) is 0 Å². The van der Waals surface area contributed by atoms with Gasteiger partial charge >= 0.3 is 5.97 Å². The Kier molecular flexibility index (Phi) is 4.77. The van der Waals surface area contributed by atoms with Crippen molar-refractivity contribution in [1.29, 1.82) is 0 Å². The van der Waals surface area contributed by atoms with Crippen LogP contribution in [0.3, 0.4) is 0 Å². The third-order valence-corrected chi connectivity index (χ3v) is 3.88. The molecule has 4 heteroatoms. The van der Waals surface area contributed by atoms with Gasteiger partial charge in [-0.25, -0.2) is 0 Å². The van der Waals surface area contributed by atoms with Crippen molar-refractivity contribution in [2.75, 3.05) is 6.54 Å². The first-order chi connectivity index (χ1) is 9.58. The summed E-state index contributed by atoms with van der Waals surface area (Å²) in [6, 6.07) is 7.63. The summed E-state index contributed by atoms with van der Waals surface area (Å²) in [4.78, 5) is 25.1. The minimum atomic E-state index is -0.793. The zero-order chi connectivity index (χ0) is 14.5. The van der Waals surface area contributed by atoms with Crippen molar-refractivity contribution in [3.8, 4) is 0 Å². The zero-order valence-corrected chi connectivity index (χ0v) is 11.8. The molecule has 0 aromatic heterocycles. The highest BCUT2D eigenvalue weighted by Gasteiger charge is 2.27. The van der Waals surface area contributed by atoms with E-state index in [1.165, 1.54) is 0 Å². The normalized spacial score (nSPS) is 18.9. The van der Waals surface area contributed by atoms with E-state index in [2.05, 4.69) is 0 Å². The number of carboxylic acids is 1. The number of nitrogens with zero attached hydrogens (tertiary/aromatic N) is 1. The van der Waals surface area contributed by atoms with Crippen molar-refractivity contribution in [1.82, 2.24) is 4.90 Å². The highest BCUT2D eigenvalue weighted by atomic mass is 16.4. The quantitative estimate of drug-likeness (QED) is 0.919. The highest BCUT2D eigenvalue weighted by Crippen LogP contribution is 2.23. The Morgan fingerprint density at radius 3 is 2.60 bits per heavy atom. The number of amides is 1. The Morgan fingerprint density at radius 1 is 1.25 bits per heavy atom. The maximum absolute atomic E-state index is 12.5. The van der Waals surface area contributed by atoms with Crippen LogP contribution >= 0.6 is 0 Å². The van der Waals surface area contributed by atoms with Crippen LogP contribution in [0.25, 0.3) is 0 Å². The second-order valence-electron chi connectivity index (χ2n) is 5.45. The summed E-state index contributed by atoms with van der Waals surface area (Å²) >= 11 is 0. The molecule has 1 unspecified atom stereocenters.